The third-order valence-corrected chi connectivity index (χ3v) is 7.72. The third kappa shape index (κ3) is 9.39. The maximum Gasteiger partial charge on any atom is 0.350 e. The molecular formula is C28H38F2N3O12P. The van der Waals surface area contributed by atoms with E-state index in [-0.39, 0.29) is 24.7 Å². The predicted molar refractivity (Wildman–Crippen MR) is 154 cm³/mol. The number of aliphatic hydroxyl groups is 2. The van der Waals surface area contributed by atoms with Gasteiger partial charge >= 0.3 is 17.6 Å². The van der Waals surface area contributed by atoms with Gasteiger partial charge in [-0.15, -0.1) is 0 Å². The first kappa shape index (κ1) is 37.2. The summed E-state index contributed by atoms with van der Waals surface area (Å²) in [6.07, 6.45) is -6.47. The zero-order valence-corrected chi connectivity index (χ0v) is 26.6. The molecule has 0 spiro atoms. The highest BCUT2D eigenvalue weighted by Crippen LogP contribution is 2.43. The molecule has 1 aliphatic rings. The van der Waals surface area contributed by atoms with Gasteiger partial charge in [0.15, 0.2) is 6.10 Å². The number of fused-ring (bicyclic) bond motifs is 1. The van der Waals surface area contributed by atoms with Crippen molar-refractivity contribution in [3.05, 3.63) is 58.0 Å². The summed E-state index contributed by atoms with van der Waals surface area (Å²) in [6.45, 7) is 8.76. The van der Waals surface area contributed by atoms with Crippen molar-refractivity contribution in [3.63, 3.8) is 0 Å². The normalized spacial score (nSPS) is 20.3. The maximum absolute atomic E-state index is 14.5. The van der Waals surface area contributed by atoms with E-state index in [4.69, 9.17) is 23.5 Å². The summed E-state index contributed by atoms with van der Waals surface area (Å²) >= 11 is 0. The minimum atomic E-state index is -5.28. The van der Waals surface area contributed by atoms with Crippen LogP contribution in [0.25, 0.3) is 11.0 Å². The molecule has 3 aromatic rings. The number of rotatable bonds is 13. The molecular weight excluding hydrogens is 639 g/mol. The Morgan fingerprint density at radius 2 is 1.89 bits per heavy atom. The number of aliphatic hydroxyl groups excluding tert-OH is 2. The molecule has 2 aromatic heterocycles. The standard InChI is InChI=1S/C22H23F2N2O12P.C6H15N/c1-34-14-4-11-5-15(37-18(11)12(6-14)8-27)9-35-17(28)7-13-2-3-26(21(30)25-13)20-22(23,24)19(29)16(38-20)10-36-39(31,32)33;1-4-7(5-2)6-3/h2-6,16,19-20,27,29H,7-10H2,1H3,(H2,31,32,33);4-6H2,1-3H3/t16-,19-,20-;/m1./s1. The first-order chi connectivity index (χ1) is 21.7. The highest BCUT2D eigenvalue weighted by atomic mass is 31.2. The summed E-state index contributed by atoms with van der Waals surface area (Å²) in [6, 6.07) is 5.94. The number of phosphoric acid groups is 1. The van der Waals surface area contributed by atoms with Gasteiger partial charge in [-0.05, 0) is 45.0 Å². The molecule has 1 aromatic carbocycles. The van der Waals surface area contributed by atoms with Gasteiger partial charge in [-0.1, -0.05) is 0 Å². The van der Waals surface area contributed by atoms with E-state index in [2.05, 4.69) is 30.3 Å². The number of carbonyl (C=O) groups is 1. The van der Waals surface area contributed by atoms with Crippen LogP contribution in [-0.4, -0.2) is 82.1 Å². The monoisotopic (exact) mass is 677 g/mol. The summed E-state index contributed by atoms with van der Waals surface area (Å²) in [5.41, 5.74) is -0.516. The van der Waals surface area contributed by atoms with E-state index < -0.39 is 56.9 Å². The third-order valence-electron chi connectivity index (χ3n) is 7.25. The van der Waals surface area contributed by atoms with Crippen LogP contribution in [-0.2, 0) is 43.0 Å². The van der Waals surface area contributed by atoms with Crippen LogP contribution < -0.4 is 20.2 Å². The lowest BCUT2D eigenvalue weighted by molar-refractivity contribution is -0.894. The number of esters is 1. The van der Waals surface area contributed by atoms with Crippen molar-refractivity contribution in [2.75, 3.05) is 33.4 Å². The second kappa shape index (κ2) is 16.0. The summed E-state index contributed by atoms with van der Waals surface area (Å²) in [7, 11) is -3.82. The Morgan fingerprint density at radius 3 is 2.43 bits per heavy atom. The molecule has 1 saturated heterocycles. The van der Waals surface area contributed by atoms with Crippen LogP contribution in [0.15, 0.2) is 39.7 Å². The average molecular weight is 678 g/mol. The molecule has 0 aliphatic carbocycles. The van der Waals surface area contributed by atoms with Gasteiger partial charge in [-0.3, -0.25) is 13.9 Å². The summed E-state index contributed by atoms with van der Waals surface area (Å²) in [5, 5.41) is 20.0. The van der Waals surface area contributed by atoms with Gasteiger partial charge in [-0.2, -0.15) is 13.8 Å². The van der Waals surface area contributed by atoms with Crippen molar-refractivity contribution >= 4 is 24.8 Å². The van der Waals surface area contributed by atoms with Gasteiger partial charge in [0.2, 0.25) is 6.23 Å². The predicted octanol–water partition coefficient (Wildman–Crippen LogP) is 0.0782. The fourth-order valence-electron chi connectivity index (χ4n) is 4.65. The number of hydrogen-bond acceptors (Lipinski definition) is 12. The Morgan fingerprint density at radius 1 is 1.22 bits per heavy atom. The number of hydrogen-bond donors (Lipinski definition) is 4. The van der Waals surface area contributed by atoms with Gasteiger partial charge in [0, 0.05) is 17.1 Å². The fourth-order valence-corrected chi connectivity index (χ4v) is 4.99. The minimum Gasteiger partial charge on any atom is -0.756 e. The van der Waals surface area contributed by atoms with E-state index in [1.807, 2.05) is 0 Å². The molecule has 15 nitrogen and oxygen atoms in total. The number of aromatic nitrogens is 2. The van der Waals surface area contributed by atoms with E-state index in [1.54, 1.807) is 23.1 Å². The first-order valence-corrected chi connectivity index (χ1v) is 15.8. The number of nitrogens with one attached hydrogen (secondary N) is 1. The van der Waals surface area contributed by atoms with E-state index >= 15 is 0 Å². The smallest absolute Gasteiger partial charge is 0.350 e. The number of phosphoric ester groups is 1. The highest BCUT2D eigenvalue weighted by Gasteiger charge is 2.59. The number of furan rings is 1. The molecule has 18 heteroatoms. The number of carbonyl (C=O) groups excluding carboxylic acids is 1. The van der Waals surface area contributed by atoms with Crippen LogP contribution in [0.4, 0.5) is 8.78 Å². The Kier molecular flexibility index (Phi) is 12.9. The van der Waals surface area contributed by atoms with Crippen molar-refractivity contribution < 1.29 is 66.2 Å². The van der Waals surface area contributed by atoms with Gasteiger partial charge in [-0.25, -0.2) is 4.79 Å². The van der Waals surface area contributed by atoms with Gasteiger partial charge in [0.25, 0.3) is 7.82 Å². The number of quaternary nitrogens is 1. The molecule has 0 amide bonds. The minimum absolute atomic E-state index is 0.118. The van der Waals surface area contributed by atoms with Gasteiger partial charge < -0.3 is 48.1 Å². The lowest BCUT2D eigenvalue weighted by Crippen LogP contribution is -3.11. The molecule has 0 bridgehead atoms. The molecule has 4 rings (SSSR count). The molecule has 4 N–H and O–H groups in total. The van der Waals surface area contributed by atoms with Gasteiger partial charge in [0.05, 0.1) is 52.1 Å². The highest BCUT2D eigenvalue weighted by molar-refractivity contribution is 7.44. The van der Waals surface area contributed by atoms with Crippen LogP contribution in [0.3, 0.4) is 0 Å². The quantitative estimate of drug-likeness (QED) is 0.140. The Balaban J connectivity index is 0.000000738. The fraction of sp³-hybridized carbons (Fsp3) is 0.536. The number of halogens is 2. The van der Waals surface area contributed by atoms with Crippen molar-refractivity contribution in [1.29, 1.82) is 0 Å². The zero-order valence-electron chi connectivity index (χ0n) is 25.7. The van der Waals surface area contributed by atoms with E-state index in [9.17, 15) is 38.0 Å². The Bertz CT molecular complexity index is 1570. The number of ether oxygens (including phenoxy) is 3. The lowest BCUT2D eigenvalue weighted by atomic mass is 10.1. The summed E-state index contributed by atoms with van der Waals surface area (Å²) in [5.74, 6) is -4.12. The van der Waals surface area contributed by atoms with E-state index in [1.165, 1.54) is 26.7 Å². The number of benzene rings is 1. The van der Waals surface area contributed by atoms with Crippen LogP contribution in [0, 0.1) is 0 Å². The topological polar surface area (TPSA) is 207 Å². The maximum atomic E-state index is 14.5. The van der Waals surface area contributed by atoms with Crippen molar-refractivity contribution in [2.45, 2.75) is 64.8 Å². The zero-order chi connectivity index (χ0) is 34.2. The average Bonchev–Trinajstić information content (AvgIpc) is 3.52. The van der Waals surface area contributed by atoms with E-state index in [0.717, 1.165) is 12.3 Å². The molecule has 0 saturated carbocycles. The van der Waals surface area contributed by atoms with Crippen molar-refractivity contribution in [2.24, 2.45) is 0 Å². The van der Waals surface area contributed by atoms with Crippen LogP contribution >= 0.6 is 7.82 Å². The summed E-state index contributed by atoms with van der Waals surface area (Å²) < 4.78 is 65.0. The van der Waals surface area contributed by atoms with E-state index in [0.29, 0.717) is 26.8 Å². The summed E-state index contributed by atoms with van der Waals surface area (Å²) in [4.78, 5) is 49.3. The second-order valence-corrected chi connectivity index (χ2v) is 11.4. The molecule has 0 radical (unpaired) electrons. The van der Waals surface area contributed by atoms with Crippen LogP contribution in [0.5, 0.6) is 5.75 Å². The second-order valence-electron chi connectivity index (χ2n) is 10.2. The Hall–Kier alpha value is -3.28. The molecule has 256 valence electrons. The first-order valence-electron chi connectivity index (χ1n) is 14.3. The van der Waals surface area contributed by atoms with Crippen molar-refractivity contribution in [1.82, 2.24) is 9.55 Å². The molecule has 46 heavy (non-hydrogen) atoms. The van der Waals surface area contributed by atoms with Crippen molar-refractivity contribution in [3.8, 4) is 5.75 Å². The van der Waals surface area contributed by atoms with Crippen LogP contribution in [0.2, 0.25) is 0 Å². The number of nitrogens with zero attached hydrogens (tertiary/aromatic N) is 2. The molecule has 1 aliphatic heterocycles. The Labute approximate surface area is 262 Å². The van der Waals surface area contributed by atoms with Crippen LogP contribution in [0.1, 0.15) is 44.0 Å². The molecule has 4 atom stereocenters. The van der Waals surface area contributed by atoms with Gasteiger partial charge in [0.1, 0.15) is 29.8 Å². The molecule has 1 fully saturated rings. The SMILES string of the molecule is CC[NH+](CC)CC.COc1cc(CO)c2oc(COC(=O)Cc3ccn([C@@H]4O[C@H](COP(=O)([O-])O)[C@@H](O)C4(F)F)c(=O)n3)cc2c1. The lowest BCUT2D eigenvalue weighted by Gasteiger charge is -2.21. The number of alkyl halides is 2. The molecule has 1 unspecified atom stereocenters. The number of methoxy groups -OCH3 is 1. The largest absolute Gasteiger partial charge is 0.756 e. The molecule has 3 heterocycles.